The van der Waals surface area contributed by atoms with E-state index in [2.05, 4.69) is 30.8 Å². The van der Waals surface area contributed by atoms with Gasteiger partial charge in [-0.05, 0) is 61.6 Å². The number of halogens is 3. The molecule has 2 aromatic rings. The number of phenols is 1. The highest BCUT2D eigenvalue weighted by molar-refractivity contribution is 7.80. The molecule has 11 heteroatoms. The SMILES string of the molecule is CCNC(=S)NN=Cc1cc(N=Nc2ccc(OC(F)(F)F)cc2)ccc1O. The summed E-state index contributed by atoms with van der Waals surface area (Å²) in [6.45, 7) is 2.53. The summed E-state index contributed by atoms with van der Waals surface area (Å²) in [5.74, 6) is -0.370. The second kappa shape index (κ2) is 9.65. The molecule has 0 radical (unpaired) electrons. The Balaban J connectivity index is 2.05. The van der Waals surface area contributed by atoms with Crippen molar-refractivity contribution in [2.45, 2.75) is 13.3 Å². The van der Waals surface area contributed by atoms with E-state index in [1.54, 1.807) is 0 Å². The number of hydrogen-bond acceptors (Lipinski definition) is 6. The molecule has 0 fully saturated rings. The van der Waals surface area contributed by atoms with Crippen LogP contribution >= 0.6 is 12.2 Å². The Kier molecular flexibility index (Phi) is 7.27. The number of rotatable bonds is 6. The van der Waals surface area contributed by atoms with E-state index in [1.165, 1.54) is 36.5 Å². The van der Waals surface area contributed by atoms with E-state index < -0.39 is 6.36 Å². The maximum Gasteiger partial charge on any atom is 0.573 e. The minimum Gasteiger partial charge on any atom is -0.507 e. The number of benzene rings is 2. The van der Waals surface area contributed by atoms with E-state index in [0.29, 0.717) is 28.6 Å². The Bertz CT molecular complexity index is 870. The van der Waals surface area contributed by atoms with Crippen LogP contribution in [0.4, 0.5) is 24.5 Å². The van der Waals surface area contributed by atoms with Gasteiger partial charge in [0.2, 0.25) is 0 Å². The van der Waals surface area contributed by atoms with Crippen LogP contribution in [0, 0.1) is 0 Å². The highest BCUT2D eigenvalue weighted by atomic mass is 32.1. The van der Waals surface area contributed by atoms with Gasteiger partial charge in [0.15, 0.2) is 5.11 Å². The normalized spacial score (nSPS) is 11.7. The van der Waals surface area contributed by atoms with Crippen molar-refractivity contribution in [3.63, 3.8) is 0 Å². The van der Waals surface area contributed by atoms with Crippen LogP contribution in [-0.2, 0) is 0 Å². The highest BCUT2D eigenvalue weighted by Crippen LogP contribution is 2.27. The molecule has 0 saturated carbocycles. The third-order valence-electron chi connectivity index (χ3n) is 3.07. The predicted octanol–water partition coefficient (Wildman–Crippen LogP) is 4.52. The maximum atomic E-state index is 12.1. The minimum absolute atomic E-state index is 0.0208. The topological polar surface area (TPSA) is 90.6 Å². The van der Waals surface area contributed by atoms with Gasteiger partial charge in [-0.25, -0.2) is 0 Å². The van der Waals surface area contributed by atoms with E-state index in [-0.39, 0.29) is 11.5 Å². The number of nitrogens with one attached hydrogen (secondary N) is 2. The molecule has 2 rings (SSSR count). The highest BCUT2D eigenvalue weighted by Gasteiger charge is 2.30. The van der Waals surface area contributed by atoms with Crippen molar-refractivity contribution in [2.75, 3.05) is 6.54 Å². The standard InChI is InChI=1S/C17H16F3N5O2S/c1-2-21-16(28)25-22-10-11-9-13(5-8-15(11)26)24-23-12-3-6-14(7-4-12)27-17(18,19)20/h3-10,26H,2H2,1H3,(H2,21,25,28). The van der Waals surface area contributed by atoms with Crippen molar-refractivity contribution in [3.8, 4) is 11.5 Å². The third kappa shape index (κ3) is 7.19. The summed E-state index contributed by atoms with van der Waals surface area (Å²) in [5.41, 5.74) is 3.70. The zero-order valence-electron chi connectivity index (χ0n) is 14.6. The Labute approximate surface area is 163 Å². The summed E-state index contributed by atoms with van der Waals surface area (Å²) in [7, 11) is 0. The summed E-state index contributed by atoms with van der Waals surface area (Å²) >= 11 is 4.96. The van der Waals surface area contributed by atoms with E-state index >= 15 is 0 Å². The first kappa shape index (κ1) is 21.1. The molecule has 28 heavy (non-hydrogen) atoms. The number of nitrogens with zero attached hydrogens (tertiary/aromatic N) is 3. The summed E-state index contributed by atoms with van der Waals surface area (Å²) < 4.78 is 40.2. The number of aromatic hydroxyl groups is 1. The minimum atomic E-state index is -4.75. The van der Waals surface area contributed by atoms with Crippen LogP contribution in [-0.4, -0.2) is 29.3 Å². The van der Waals surface area contributed by atoms with Crippen molar-refractivity contribution >= 4 is 34.9 Å². The van der Waals surface area contributed by atoms with Gasteiger partial charge in [-0.15, -0.1) is 13.2 Å². The first-order valence-corrected chi connectivity index (χ1v) is 8.35. The molecule has 0 aliphatic carbocycles. The fraction of sp³-hybridized carbons (Fsp3) is 0.176. The fourth-order valence-corrected chi connectivity index (χ4v) is 2.10. The number of ether oxygens (including phenoxy) is 1. The lowest BCUT2D eigenvalue weighted by atomic mass is 10.2. The molecule has 0 aromatic heterocycles. The third-order valence-corrected chi connectivity index (χ3v) is 3.31. The number of phenolic OH excluding ortho intramolecular Hbond substituents is 1. The largest absolute Gasteiger partial charge is 0.573 e. The van der Waals surface area contributed by atoms with Crippen LogP contribution in [0.15, 0.2) is 57.8 Å². The van der Waals surface area contributed by atoms with E-state index in [9.17, 15) is 18.3 Å². The van der Waals surface area contributed by atoms with Crippen LogP contribution in [0.5, 0.6) is 11.5 Å². The number of azo groups is 1. The number of alkyl halides is 3. The van der Waals surface area contributed by atoms with Gasteiger partial charge in [0.25, 0.3) is 0 Å². The van der Waals surface area contributed by atoms with Gasteiger partial charge in [0.1, 0.15) is 11.5 Å². The summed E-state index contributed by atoms with van der Waals surface area (Å²) in [4.78, 5) is 0. The lowest BCUT2D eigenvalue weighted by Gasteiger charge is -2.08. The van der Waals surface area contributed by atoms with Gasteiger partial charge < -0.3 is 15.2 Å². The van der Waals surface area contributed by atoms with Crippen molar-refractivity contribution in [3.05, 3.63) is 48.0 Å². The van der Waals surface area contributed by atoms with Crippen molar-refractivity contribution in [2.24, 2.45) is 15.3 Å². The lowest BCUT2D eigenvalue weighted by molar-refractivity contribution is -0.274. The number of hydrogen-bond donors (Lipinski definition) is 3. The van der Waals surface area contributed by atoms with Crippen molar-refractivity contribution in [1.29, 1.82) is 0 Å². The van der Waals surface area contributed by atoms with Gasteiger partial charge in [0, 0.05) is 12.1 Å². The van der Waals surface area contributed by atoms with Crippen molar-refractivity contribution < 1.29 is 23.0 Å². The molecule has 0 aliphatic heterocycles. The molecule has 3 N–H and O–H groups in total. The molecule has 0 unspecified atom stereocenters. The zero-order chi connectivity index (χ0) is 20.6. The first-order valence-electron chi connectivity index (χ1n) is 7.94. The summed E-state index contributed by atoms with van der Waals surface area (Å²) in [6, 6.07) is 9.40. The number of hydrazone groups is 1. The molecule has 148 valence electrons. The molecule has 0 spiro atoms. The predicted molar refractivity (Wildman–Crippen MR) is 102 cm³/mol. The average Bonchev–Trinajstić information content (AvgIpc) is 2.62. The quantitative estimate of drug-likeness (QED) is 0.281. The lowest BCUT2D eigenvalue weighted by Crippen LogP contribution is -2.31. The van der Waals surface area contributed by atoms with E-state index in [0.717, 1.165) is 12.1 Å². The van der Waals surface area contributed by atoms with Crippen LogP contribution in [0.25, 0.3) is 0 Å². The van der Waals surface area contributed by atoms with Gasteiger partial charge in [-0.3, -0.25) is 5.43 Å². The van der Waals surface area contributed by atoms with Gasteiger partial charge in [0.05, 0.1) is 17.6 Å². The van der Waals surface area contributed by atoms with E-state index in [1.807, 2.05) is 6.92 Å². The molecule has 0 aliphatic rings. The van der Waals surface area contributed by atoms with Crippen LogP contribution < -0.4 is 15.5 Å². The molecule has 2 aromatic carbocycles. The second-order valence-electron chi connectivity index (χ2n) is 5.21. The molecule has 0 heterocycles. The van der Waals surface area contributed by atoms with Crippen molar-refractivity contribution in [1.82, 2.24) is 10.7 Å². The second-order valence-corrected chi connectivity index (χ2v) is 5.62. The number of thiocarbonyl (C=S) groups is 1. The van der Waals surface area contributed by atoms with Crippen LogP contribution in [0.2, 0.25) is 0 Å². The van der Waals surface area contributed by atoms with E-state index in [4.69, 9.17) is 12.2 Å². The first-order chi connectivity index (χ1) is 13.3. The summed E-state index contributed by atoms with van der Waals surface area (Å²) in [5, 5.41) is 24.9. The van der Waals surface area contributed by atoms with Gasteiger partial charge in [-0.2, -0.15) is 15.3 Å². The molecule has 0 saturated heterocycles. The average molecular weight is 411 g/mol. The van der Waals surface area contributed by atoms with Crippen LogP contribution in [0.1, 0.15) is 12.5 Å². The Hall–Kier alpha value is -3.21. The molecule has 0 bridgehead atoms. The Morgan fingerprint density at radius 3 is 2.43 bits per heavy atom. The summed E-state index contributed by atoms with van der Waals surface area (Å²) in [6.07, 6.45) is -3.39. The monoisotopic (exact) mass is 411 g/mol. The smallest absolute Gasteiger partial charge is 0.507 e. The zero-order valence-corrected chi connectivity index (χ0v) is 15.4. The van der Waals surface area contributed by atoms with Gasteiger partial charge in [-0.1, -0.05) is 0 Å². The maximum absolute atomic E-state index is 12.1. The fourth-order valence-electron chi connectivity index (χ4n) is 1.90. The Morgan fingerprint density at radius 1 is 1.14 bits per heavy atom. The van der Waals surface area contributed by atoms with Crippen LogP contribution in [0.3, 0.4) is 0 Å². The molecule has 7 nitrogen and oxygen atoms in total. The molecule has 0 amide bonds. The molecule has 0 atom stereocenters. The van der Waals surface area contributed by atoms with Gasteiger partial charge >= 0.3 is 6.36 Å². The molecular weight excluding hydrogens is 395 g/mol. The Morgan fingerprint density at radius 2 is 1.79 bits per heavy atom. The molecular formula is C17H16F3N5O2S.